The van der Waals surface area contributed by atoms with Gasteiger partial charge in [0.05, 0.1) is 30.4 Å². The molecule has 2 aliphatic heterocycles. The predicted molar refractivity (Wildman–Crippen MR) is 131 cm³/mol. The number of carbonyl (C=O) groups excluding carboxylic acids is 1. The van der Waals surface area contributed by atoms with E-state index in [0.29, 0.717) is 24.7 Å². The zero-order chi connectivity index (χ0) is 23.1. The number of anilines is 1. The van der Waals surface area contributed by atoms with Gasteiger partial charge in [0.15, 0.2) is 11.5 Å². The van der Waals surface area contributed by atoms with Gasteiger partial charge in [-0.3, -0.25) is 9.69 Å². The summed E-state index contributed by atoms with van der Waals surface area (Å²) in [6.45, 7) is 8.75. The van der Waals surface area contributed by atoms with Crippen molar-refractivity contribution in [3.05, 3.63) is 53.2 Å². The minimum Gasteiger partial charge on any atom is -0.493 e. The Kier molecular flexibility index (Phi) is 5.79. The van der Waals surface area contributed by atoms with Crippen molar-refractivity contribution in [3.63, 3.8) is 0 Å². The summed E-state index contributed by atoms with van der Waals surface area (Å²) in [5.41, 5.74) is 5.03. The van der Waals surface area contributed by atoms with Crippen LogP contribution in [0.4, 0.5) is 5.69 Å². The molecule has 33 heavy (non-hydrogen) atoms. The highest BCUT2D eigenvalue weighted by Gasteiger charge is 2.34. The third-order valence-electron chi connectivity index (χ3n) is 7.30. The number of methoxy groups -OCH3 is 1. The monoisotopic (exact) mass is 447 g/mol. The van der Waals surface area contributed by atoms with Gasteiger partial charge < -0.3 is 18.9 Å². The fourth-order valence-electron chi connectivity index (χ4n) is 5.27. The van der Waals surface area contributed by atoms with Crippen LogP contribution in [0, 0.1) is 12.8 Å². The first kappa shape index (κ1) is 21.8. The Labute approximate surface area is 195 Å². The summed E-state index contributed by atoms with van der Waals surface area (Å²) in [7, 11) is 3.70. The zero-order valence-corrected chi connectivity index (χ0v) is 20.1. The van der Waals surface area contributed by atoms with E-state index in [1.165, 1.54) is 18.4 Å². The quantitative estimate of drug-likeness (QED) is 0.546. The molecule has 6 heteroatoms. The molecule has 174 valence electrons. The van der Waals surface area contributed by atoms with Crippen LogP contribution in [0.5, 0.6) is 11.5 Å². The van der Waals surface area contributed by atoms with Crippen LogP contribution < -0.4 is 14.4 Å². The van der Waals surface area contributed by atoms with E-state index in [2.05, 4.69) is 36.4 Å². The van der Waals surface area contributed by atoms with Crippen molar-refractivity contribution in [2.45, 2.75) is 33.2 Å². The summed E-state index contributed by atoms with van der Waals surface area (Å²) in [6.07, 6.45) is 2.51. The average Bonchev–Trinajstić information content (AvgIpc) is 3.31. The van der Waals surface area contributed by atoms with Crippen molar-refractivity contribution in [1.82, 2.24) is 9.47 Å². The molecule has 1 aromatic heterocycles. The second-order valence-corrected chi connectivity index (χ2v) is 9.45. The third kappa shape index (κ3) is 3.86. The standard InChI is InChI=1S/C27H33N3O3/c1-18-10-12-29(13-11-18)14-15-33-24-16-20(8-9-23(24)32-4)30-17-22-25(27(30)31)21-7-5-6-19(2)26(21)28(22)3/h5-9,16,18H,10-15,17H2,1-4H3. The van der Waals surface area contributed by atoms with E-state index < -0.39 is 0 Å². The van der Waals surface area contributed by atoms with Crippen LogP contribution in [0.2, 0.25) is 0 Å². The van der Waals surface area contributed by atoms with Gasteiger partial charge in [0.1, 0.15) is 6.61 Å². The van der Waals surface area contributed by atoms with E-state index in [4.69, 9.17) is 9.47 Å². The molecule has 2 aliphatic rings. The van der Waals surface area contributed by atoms with Gasteiger partial charge in [-0.05, 0) is 56.5 Å². The van der Waals surface area contributed by atoms with Crippen LogP contribution in [0.25, 0.3) is 10.9 Å². The molecule has 0 atom stereocenters. The molecule has 0 spiro atoms. The van der Waals surface area contributed by atoms with E-state index in [0.717, 1.165) is 53.4 Å². The van der Waals surface area contributed by atoms with Crippen molar-refractivity contribution < 1.29 is 14.3 Å². The number of aromatic nitrogens is 1. The lowest BCUT2D eigenvalue weighted by atomic mass is 9.99. The molecule has 3 aromatic rings. The maximum absolute atomic E-state index is 13.5. The van der Waals surface area contributed by atoms with Crippen LogP contribution in [0.15, 0.2) is 36.4 Å². The SMILES string of the molecule is COc1ccc(N2Cc3c(c4cccc(C)c4n3C)C2=O)cc1OCCN1CCC(C)CC1. The van der Waals surface area contributed by atoms with E-state index in [9.17, 15) is 4.79 Å². The summed E-state index contributed by atoms with van der Waals surface area (Å²) in [5.74, 6) is 2.24. The van der Waals surface area contributed by atoms with Crippen molar-refractivity contribution in [2.75, 3.05) is 38.3 Å². The lowest BCUT2D eigenvalue weighted by Gasteiger charge is -2.30. The second kappa shape index (κ2) is 8.75. The van der Waals surface area contributed by atoms with Gasteiger partial charge in [0.2, 0.25) is 0 Å². The number of ether oxygens (including phenoxy) is 2. The van der Waals surface area contributed by atoms with Gasteiger partial charge in [-0.2, -0.15) is 0 Å². The normalized spacial score (nSPS) is 17.1. The molecule has 1 amide bonds. The number of rotatable bonds is 6. The lowest BCUT2D eigenvalue weighted by molar-refractivity contribution is 0.0998. The first-order chi connectivity index (χ1) is 16.0. The van der Waals surface area contributed by atoms with Crippen LogP contribution in [0.1, 0.15) is 41.4 Å². The number of aryl methyl sites for hydroxylation is 2. The topological polar surface area (TPSA) is 46.9 Å². The maximum atomic E-state index is 13.5. The highest BCUT2D eigenvalue weighted by Crippen LogP contribution is 2.39. The second-order valence-electron chi connectivity index (χ2n) is 9.45. The van der Waals surface area contributed by atoms with Crippen molar-refractivity contribution in [2.24, 2.45) is 13.0 Å². The highest BCUT2D eigenvalue weighted by molar-refractivity contribution is 6.18. The van der Waals surface area contributed by atoms with Crippen LogP contribution >= 0.6 is 0 Å². The van der Waals surface area contributed by atoms with Crippen molar-refractivity contribution in [1.29, 1.82) is 0 Å². The molecule has 2 aromatic carbocycles. The Bertz CT molecular complexity index is 1190. The summed E-state index contributed by atoms with van der Waals surface area (Å²) in [5, 5.41) is 1.03. The van der Waals surface area contributed by atoms with Gasteiger partial charge in [0.25, 0.3) is 5.91 Å². The number of likely N-dealkylation sites (tertiary alicyclic amines) is 1. The molecule has 0 N–H and O–H groups in total. The number of hydrogen-bond acceptors (Lipinski definition) is 4. The smallest absolute Gasteiger partial charge is 0.261 e. The molecule has 6 nitrogen and oxygen atoms in total. The Morgan fingerprint density at radius 3 is 2.64 bits per heavy atom. The summed E-state index contributed by atoms with van der Waals surface area (Å²) >= 11 is 0. The molecular formula is C27H33N3O3. The Morgan fingerprint density at radius 1 is 1.09 bits per heavy atom. The van der Waals surface area contributed by atoms with Crippen molar-refractivity contribution in [3.8, 4) is 11.5 Å². The van der Waals surface area contributed by atoms with E-state index in [1.54, 1.807) is 7.11 Å². The fourth-order valence-corrected chi connectivity index (χ4v) is 5.27. The Balaban J connectivity index is 1.35. The average molecular weight is 448 g/mol. The lowest BCUT2D eigenvalue weighted by Crippen LogP contribution is -2.35. The predicted octanol–water partition coefficient (Wildman–Crippen LogP) is 4.77. The Morgan fingerprint density at radius 2 is 1.88 bits per heavy atom. The number of hydrogen-bond donors (Lipinski definition) is 0. The minimum absolute atomic E-state index is 0.0414. The van der Waals surface area contributed by atoms with Crippen molar-refractivity contribution >= 4 is 22.5 Å². The first-order valence-electron chi connectivity index (χ1n) is 11.9. The van der Waals surface area contributed by atoms with E-state index in [-0.39, 0.29) is 5.91 Å². The maximum Gasteiger partial charge on any atom is 0.261 e. The number of piperidine rings is 1. The summed E-state index contributed by atoms with van der Waals surface area (Å²) in [6, 6.07) is 11.9. The molecule has 0 bridgehead atoms. The van der Waals surface area contributed by atoms with Gasteiger partial charge in [-0.25, -0.2) is 0 Å². The number of fused-ring (bicyclic) bond motifs is 3. The molecule has 0 radical (unpaired) electrons. The van der Waals surface area contributed by atoms with E-state index in [1.807, 2.05) is 35.2 Å². The summed E-state index contributed by atoms with van der Waals surface area (Å²) < 4.78 is 13.9. The first-order valence-corrected chi connectivity index (χ1v) is 11.9. The molecule has 1 fully saturated rings. The third-order valence-corrected chi connectivity index (χ3v) is 7.30. The number of benzene rings is 2. The van der Waals surface area contributed by atoms with E-state index >= 15 is 0 Å². The fraction of sp³-hybridized carbons (Fsp3) is 0.444. The molecule has 0 saturated carbocycles. The van der Waals surface area contributed by atoms with Gasteiger partial charge in [0, 0.05) is 30.7 Å². The summed E-state index contributed by atoms with van der Waals surface area (Å²) in [4.78, 5) is 17.8. The molecule has 0 unspecified atom stereocenters. The minimum atomic E-state index is 0.0414. The number of carbonyl (C=O) groups is 1. The molecule has 5 rings (SSSR count). The Hall–Kier alpha value is -2.99. The molecule has 0 aliphatic carbocycles. The highest BCUT2D eigenvalue weighted by atomic mass is 16.5. The van der Waals surface area contributed by atoms with Crippen LogP contribution in [-0.2, 0) is 13.6 Å². The molecule has 1 saturated heterocycles. The molecule has 3 heterocycles. The number of amides is 1. The zero-order valence-electron chi connectivity index (χ0n) is 20.1. The number of nitrogens with zero attached hydrogens (tertiary/aromatic N) is 3. The van der Waals surface area contributed by atoms with Gasteiger partial charge in [-0.15, -0.1) is 0 Å². The van der Waals surface area contributed by atoms with Crippen LogP contribution in [0.3, 0.4) is 0 Å². The molecular weight excluding hydrogens is 414 g/mol. The number of para-hydroxylation sites is 1. The van der Waals surface area contributed by atoms with Gasteiger partial charge >= 0.3 is 0 Å². The van der Waals surface area contributed by atoms with Gasteiger partial charge in [-0.1, -0.05) is 25.1 Å². The van der Waals surface area contributed by atoms with Crippen LogP contribution in [-0.4, -0.2) is 48.7 Å². The largest absolute Gasteiger partial charge is 0.493 e.